The van der Waals surface area contributed by atoms with Crippen LogP contribution in [0, 0.1) is 11.8 Å². The summed E-state index contributed by atoms with van der Waals surface area (Å²) in [7, 11) is 0. The van der Waals surface area contributed by atoms with Crippen molar-refractivity contribution in [3.05, 3.63) is 0 Å². The summed E-state index contributed by atoms with van der Waals surface area (Å²) in [4.78, 5) is 13.9. The molecular formula is C13H27N3O. The summed E-state index contributed by atoms with van der Waals surface area (Å²) in [5.74, 6) is 1.47. The lowest BCUT2D eigenvalue weighted by molar-refractivity contribution is -0.122. The summed E-state index contributed by atoms with van der Waals surface area (Å²) in [6, 6.07) is 0. The smallest absolute Gasteiger partial charge is 0.234 e. The van der Waals surface area contributed by atoms with Crippen LogP contribution >= 0.6 is 0 Å². The van der Waals surface area contributed by atoms with Crippen LogP contribution in [0.25, 0.3) is 0 Å². The molecule has 0 atom stereocenters. The molecule has 4 heteroatoms. The fraction of sp³-hybridized carbons (Fsp3) is 0.923. The number of piperidine rings is 1. The average molecular weight is 241 g/mol. The Hall–Kier alpha value is -0.610. The molecule has 1 heterocycles. The van der Waals surface area contributed by atoms with Gasteiger partial charge in [0.15, 0.2) is 0 Å². The molecule has 1 saturated heterocycles. The van der Waals surface area contributed by atoms with E-state index in [2.05, 4.69) is 24.1 Å². The third kappa shape index (κ3) is 6.03. The van der Waals surface area contributed by atoms with Gasteiger partial charge >= 0.3 is 0 Å². The van der Waals surface area contributed by atoms with Crippen molar-refractivity contribution in [3.63, 3.8) is 0 Å². The Morgan fingerprint density at radius 3 is 2.59 bits per heavy atom. The molecule has 0 aromatic heterocycles. The predicted octanol–water partition coefficient (Wildman–Crippen LogP) is 0.819. The lowest BCUT2D eigenvalue weighted by Crippen LogP contribution is -2.42. The van der Waals surface area contributed by atoms with Gasteiger partial charge < -0.3 is 11.1 Å². The Balaban J connectivity index is 2.10. The molecule has 4 nitrogen and oxygen atoms in total. The van der Waals surface area contributed by atoms with Crippen LogP contribution in [-0.2, 0) is 4.79 Å². The summed E-state index contributed by atoms with van der Waals surface area (Å²) in [5.41, 5.74) is 5.65. The number of nitrogens with zero attached hydrogens (tertiary/aromatic N) is 1. The summed E-state index contributed by atoms with van der Waals surface area (Å²) in [5, 5.41) is 2.98. The molecule has 0 unspecified atom stereocenters. The number of likely N-dealkylation sites (tertiary alicyclic amines) is 1. The van der Waals surface area contributed by atoms with Crippen molar-refractivity contribution < 1.29 is 4.79 Å². The van der Waals surface area contributed by atoms with Crippen molar-refractivity contribution in [1.82, 2.24) is 10.2 Å². The second-order valence-corrected chi connectivity index (χ2v) is 5.49. The summed E-state index contributed by atoms with van der Waals surface area (Å²) >= 11 is 0. The predicted molar refractivity (Wildman–Crippen MR) is 70.7 cm³/mol. The molecule has 1 rings (SSSR count). The Kier molecular flexibility index (Phi) is 6.52. The molecule has 0 bridgehead atoms. The number of nitrogens with one attached hydrogen (secondary N) is 1. The SMILES string of the molecule is CC(C)CCNC(=O)CN1CCC(CN)CC1. The first-order valence-corrected chi connectivity index (χ1v) is 6.81. The zero-order chi connectivity index (χ0) is 12.7. The van der Waals surface area contributed by atoms with Gasteiger partial charge in [0.25, 0.3) is 0 Å². The maximum Gasteiger partial charge on any atom is 0.234 e. The average Bonchev–Trinajstić information content (AvgIpc) is 2.29. The molecule has 100 valence electrons. The second kappa shape index (κ2) is 7.67. The molecule has 1 amide bonds. The van der Waals surface area contributed by atoms with Gasteiger partial charge in [-0.3, -0.25) is 9.69 Å². The van der Waals surface area contributed by atoms with E-state index in [-0.39, 0.29) is 5.91 Å². The van der Waals surface area contributed by atoms with E-state index in [1.54, 1.807) is 0 Å². The second-order valence-electron chi connectivity index (χ2n) is 5.49. The van der Waals surface area contributed by atoms with Gasteiger partial charge in [-0.1, -0.05) is 13.8 Å². The van der Waals surface area contributed by atoms with Gasteiger partial charge in [-0.15, -0.1) is 0 Å². The topological polar surface area (TPSA) is 58.4 Å². The highest BCUT2D eigenvalue weighted by Gasteiger charge is 2.19. The number of carbonyl (C=O) groups excluding carboxylic acids is 1. The van der Waals surface area contributed by atoms with Gasteiger partial charge in [0, 0.05) is 6.54 Å². The number of carbonyl (C=O) groups is 1. The van der Waals surface area contributed by atoms with Crippen molar-refractivity contribution in [1.29, 1.82) is 0 Å². The molecule has 1 fully saturated rings. The fourth-order valence-electron chi connectivity index (χ4n) is 2.14. The van der Waals surface area contributed by atoms with E-state index in [0.717, 1.165) is 45.4 Å². The molecule has 0 saturated carbocycles. The van der Waals surface area contributed by atoms with Crippen LogP contribution in [0.15, 0.2) is 0 Å². The lowest BCUT2D eigenvalue weighted by atomic mass is 9.97. The first-order valence-electron chi connectivity index (χ1n) is 6.81. The largest absolute Gasteiger partial charge is 0.355 e. The van der Waals surface area contributed by atoms with E-state index in [9.17, 15) is 4.79 Å². The van der Waals surface area contributed by atoms with E-state index in [4.69, 9.17) is 5.73 Å². The summed E-state index contributed by atoms with van der Waals surface area (Å²) in [6.45, 7) is 8.51. The molecule has 3 N–H and O–H groups in total. The van der Waals surface area contributed by atoms with E-state index in [1.807, 2.05) is 0 Å². The van der Waals surface area contributed by atoms with Crippen LogP contribution in [0.3, 0.4) is 0 Å². The highest BCUT2D eigenvalue weighted by Crippen LogP contribution is 2.15. The third-order valence-electron chi connectivity index (χ3n) is 3.45. The van der Waals surface area contributed by atoms with E-state index < -0.39 is 0 Å². The summed E-state index contributed by atoms with van der Waals surface area (Å²) < 4.78 is 0. The Labute approximate surface area is 105 Å². The molecule has 1 aliphatic rings. The number of nitrogens with two attached hydrogens (primary N) is 1. The molecule has 0 aromatic carbocycles. The van der Waals surface area contributed by atoms with Crippen LogP contribution in [-0.4, -0.2) is 43.5 Å². The van der Waals surface area contributed by atoms with Gasteiger partial charge in [0.1, 0.15) is 0 Å². The van der Waals surface area contributed by atoms with Crippen molar-refractivity contribution in [2.45, 2.75) is 33.1 Å². The number of amides is 1. The number of rotatable bonds is 6. The maximum absolute atomic E-state index is 11.7. The van der Waals surface area contributed by atoms with Crippen molar-refractivity contribution >= 4 is 5.91 Å². The van der Waals surface area contributed by atoms with Crippen molar-refractivity contribution in [2.75, 3.05) is 32.7 Å². The van der Waals surface area contributed by atoms with E-state index in [0.29, 0.717) is 18.4 Å². The molecular weight excluding hydrogens is 214 g/mol. The standard InChI is InChI=1S/C13H27N3O/c1-11(2)3-6-15-13(17)10-16-7-4-12(9-14)5-8-16/h11-12H,3-10,14H2,1-2H3,(H,15,17). The minimum absolute atomic E-state index is 0.164. The van der Waals surface area contributed by atoms with Gasteiger partial charge in [0.05, 0.1) is 6.54 Å². The van der Waals surface area contributed by atoms with Crippen molar-refractivity contribution in [3.8, 4) is 0 Å². The Bertz CT molecular complexity index is 223. The van der Waals surface area contributed by atoms with Gasteiger partial charge in [-0.05, 0) is 50.7 Å². The Morgan fingerprint density at radius 1 is 1.41 bits per heavy atom. The van der Waals surface area contributed by atoms with E-state index in [1.165, 1.54) is 0 Å². The third-order valence-corrected chi connectivity index (χ3v) is 3.45. The van der Waals surface area contributed by atoms with Crippen molar-refractivity contribution in [2.24, 2.45) is 17.6 Å². The van der Waals surface area contributed by atoms with Gasteiger partial charge in [-0.2, -0.15) is 0 Å². The van der Waals surface area contributed by atoms with Crippen LogP contribution in [0.4, 0.5) is 0 Å². The minimum atomic E-state index is 0.164. The zero-order valence-corrected chi connectivity index (χ0v) is 11.2. The highest BCUT2D eigenvalue weighted by molar-refractivity contribution is 5.77. The maximum atomic E-state index is 11.7. The number of hydrogen-bond acceptors (Lipinski definition) is 3. The zero-order valence-electron chi connectivity index (χ0n) is 11.2. The van der Waals surface area contributed by atoms with Crippen LogP contribution in [0.1, 0.15) is 33.1 Å². The normalized spacial score (nSPS) is 18.6. The van der Waals surface area contributed by atoms with Crippen LogP contribution in [0.2, 0.25) is 0 Å². The molecule has 0 spiro atoms. The Morgan fingerprint density at radius 2 is 2.06 bits per heavy atom. The van der Waals surface area contributed by atoms with Crippen LogP contribution < -0.4 is 11.1 Å². The quantitative estimate of drug-likeness (QED) is 0.724. The monoisotopic (exact) mass is 241 g/mol. The first-order chi connectivity index (χ1) is 8.11. The summed E-state index contributed by atoms with van der Waals surface area (Å²) in [6.07, 6.45) is 3.33. The van der Waals surface area contributed by atoms with Gasteiger partial charge in [0.2, 0.25) is 5.91 Å². The van der Waals surface area contributed by atoms with Gasteiger partial charge in [-0.25, -0.2) is 0 Å². The van der Waals surface area contributed by atoms with E-state index >= 15 is 0 Å². The molecule has 0 aliphatic carbocycles. The minimum Gasteiger partial charge on any atom is -0.355 e. The molecule has 1 aliphatic heterocycles. The fourth-order valence-corrected chi connectivity index (χ4v) is 2.14. The number of hydrogen-bond donors (Lipinski definition) is 2. The van der Waals surface area contributed by atoms with Crippen LogP contribution in [0.5, 0.6) is 0 Å². The molecule has 0 radical (unpaired) electrons. The molecule has 0 aromatic rings. The first kappa shape index (κ1) is 14.5. The highest BCUT2D eigenvalue weighted by atomic mass is 16.2. The molecule has 17 heavy (non-hydrogen) atoms. The lowest BCUT2D eigenvalue weighted by Gasteiger charge is -2.30.